The first-order valence-electron chi connectivity index (χ1n) is 2.41. The molecule has 1 radical (unpaired) electrons. The molecule has 41 valence electrons. The lowest BCUT2D eigenvalue weighted by atomic mass is 10.5. The maximum Gasteiger partial charge on any atom is 0.183 e. The van der Waals surface area contributed by atoms with Gasteiger partial charge in [0.2, 0.25) is 0 Å². The van der Waals surface area contributed by atoms with Gasteiger partial charge in [0.25, 0.3) is 0 Å². The first kappa shape index (κ1) is 5.03. The summed E-state index contributed by atoms with van der Waals surface area (Å²) in [7, 11) is 0. The average Bonchev–Trinajstić information content (AvgIpc) is 1.69. The molecule has 1 aliphatic rings. The summed E-state index contributed by atoms with van der Waals surface area (Å²) in [4.78, 5) is 0. The third-order valence-corrected chi connectivity index (χ3v) is 0.987. The van der Waals surface area contributed by atoms with Gasteiger partial charge in [-0.25, -0.2) is 0 Å². The quantitative estimate of drug-likeness (QED) is 0.421. The highest BCUT2D eigenvalue weighted by molar-refractivity contribution is 4.53. The zero-order valence-corrected chi connectivity index (χ0v) is 4.13. The van der Waals surface area contributed by atoms with Crippen LogP contribution in [0.5, 0.6) is 0 Å². The Balaban J connectivity index is 2.12. The van der Waals surface area contributed by atoms with E-state index in [-0.39, 0.29) is 0 Å². The Bertz CT molecular complexity index is 51.7. The predicted octanol–water partition coefficient (Wildman–Crippen LogP) is -0.454. The lowest BCUT2D eigenvalue weighted by Gasteiger charge is -2.08. The molecule has 0 aromatic rings. The van der Waals surface area contributed by atoms with Crippen molar-refractivity contribution in [2.45, 2.75) is 0 Å². The molecule has 0 aliphatic carbocycles. The Morgan fingerprint density at radius 2 is 1.86 bits per heavy atom. The Hall–Kier alpha value is -0.120. The summed E-state index contributed by atoms with van der Waals surface area (Å²) in [6, 6.07) is 0. The lowest BCUT2D eigenvalue weighted by Crippen LogP contribution is -2.38. The van der Waals surface area contributed by atoms with Crippen LogP contribution in [0.1, 0.15) is 0 Å². The standard InChI is InChI=1S/C4H9NO2/c6-5-1-3-7-4-2-5/h6H,1-4H2/q+1. The Morgan fingerprint density at radius 1 is 1.29 bits per heavy atom. The molecule has 0 atom stereocenters. The van der Waals surface area contributed by atoms with Gasteiger partial charge in [0.15, 0.2) is 13.1 Å². The second-order valence-electron chi connectivity index (χ2n) is 1.57. The molecule has 0 aromatic heterocycles. The summed E-state index contributed by atoms with van der Waals surface area (Å²) in [5.41, 5.74) is 0. The van der Waals surface area contributed by atoms with E-state index < -0.39 is 0 Å². The molecule has 0 saturated carbocycles. The highest BCUT2D eigenvalue weighted by atomic mass is 16.5. The van der Waals surface area contributed by atoms with E-state index in [9.17, 15) is 0 Å². The largest absolute Gasteiger partial charge is 0.369 e. The monoisotopic (exact) mass is 103 g/mol. The van der Waals surface area contributed by atoms with Crippen molar-refractivity contribution in [1.82, 2.24) is 5.06 Å². The van der Waals surface area contributed by atoms with E-state index >= 15 is 0 Å². The molecule has 1 fully saturated rings. The van der Waals surface area contributed by atoms with E-state index in [4.69, 9.17) is 9.94 Å². The van der Waals surface area contributed by atoms with Gasteiger partial charge in [0.05, 0.1) is 0 Å². The van der Waals surface area contributed by atoms with Gasteiger partial charge in [-0.2, -0.15) is 5.21 Å². The van der Waals surface area contributed by atoms with Gasteiger partial charge in [-0.15, -0.1) is 0 Å². The minimum atomic E-state index is 0.653. The lowest BCUT2D eigenvalue weighted by molar-refractivity contribution is -0.0600. The number of ether oxygens (including phenoxy) is 1. The molecule has 0 amide bonds. The SMILES string of the molecule is O[N+]1CCOCC1. The number of nitrogens with zero attached hydrogens (tertiary/aromatic N) is 1. The fourth-order valence-corrected chi connectivity index (χ4v) is 0.554. The fraction of sp³-hybridized carbons (Fsp3) is 1.00. The van der Waals surface area contributed by atoms with Crippen LogP contribution in [0.3, 0.4) is 0 Å². The van der Waals surface area contributed by atoms with E-state index in [1.807, 2.05) is 0 Å². The molecular weight excluding hydrogens is 94.0 g/mol. The van der Waals surface area contributed by atoms with E-state index in [0.29, 0.717) is 26.3 Å². The van der Waals surface area contributed by atoms with Crippen LogP contribution in [-0.4, -0.2) is 31.5 Å². The van der Waals surface area contributed by atoms with E-state index in [2.05, 4.69) is 0 Å². The summed E-state index contributed by atoms with van der Waals surface area (Å²) >= 11 is 0. The normalized spacial score (nSPS) is 25.3. The van der Waals surface area contributed by atoms with Crippen LogP contribution in [0.4, 0.5) is 0 Å². The maximum absolute atomic E-state index is 8.66. The highest BCUT2D eigenvalue weighted by Crippen LogP contribution is 1.86. The van der Waals surface area contributed by atoms with Gasteiger partial charge in [-0.05, 0) is 5.06 Å². The third kappa shape index (κ3) is 1.43. The molecule has 1 rings (SSSR count). The van der Waals surface area contributed by atoms with Crippen LogP contribution >= 0.6 is 0 Å². The predicted molar refractivity (Wildman–Crippen MR) is 24.5 cm³/mol. The number of hydroxylamine groups is 2. The van der Waals surface area contributed by atoms with Crippen molar-refractivity contribution in [2.24, 2.45) is 0 Å². The molecular formula is C4H9NO2+. The van der Waals surface area contributed by atoms with E-state index in [1.54, 1.807) is 0 Å². The summed E-state index contributed by atoms with van der Waals surface area (Å²) < 4.78 is 4.94. The topological polar surface area (TPSA) is 35.4 Å². The Kier molecular flexibility index (Phi) is 1.62. The van der Waals surface area contributed by atoms with Crippen molar-refractivity contribution in [1.29, 1.82) is 0 Å². The highest BCUT2D eigenvalue weighted by Gasteiger charge is 2.15. The van der Waals surface area contributed by atoms with Crippen LogP contribution in [0, 0.1) is 0 Å². The summed E-state index contributed by atoms with van der Waals surface area (Å²) in [5, 5.41) is 9.93. The molecule has 1 aliphatic heterocycles. The van der Waals surface area contributed by atoms with Crippen molar-refractivity contribution in [2.75, 3.05) is 26.3 Å². The Morgan fingerprint density at radius 3 is 2.14 bits per heavy atom. The summed E-state index contributed by atoms with van der Waals surface area (Å²) in [5.74, 6) is 0. The Labute approximate surface area is 42.4 Å². The first-order valence-corrected chi connectivity index (χ1v) is 2.41. The zero-order valence-electron chi connectivity index (χ0n) is 4.13. The smallest absolute Gasteiger partial charge is 0.183 e. The number of morpholine rings is 1. The zero-order chi connectivity index (χ0) is 5.11. The van der Waals surface area contributed by atoms with Crippen LogP contribution in [0.15, 0.2) is 0 Å². The number of hydrogen-bond acceptors (Lipinski definition) is 3. The van der Waals surface area contributed by atoms with Crippen LogP contribution in [0.25, 0.3) is 0 Å². The molecule has 0 spiro atoms. The molecule has 0 unspecified atom stereocenters. The van der Waals surface area contributed by atoms with Crippen molar-refractivity contribution in [3.63, 3.8) is 0 Å². The maximum atomic E-state index is 8.66. The van der Waals surface area contributed by atoms with Crippen LogP contribution in [0.2, 0.25) is 0 Å². The minimum Gasteiger partial charge on any atom is -0.369 e. The molecule has 1 N–H and O–H groups in total. The van der Waals surface area contributed by atoms with Gasteiger partial charge in [0, 0.05) is 0 Å². The van der Waals surface area contributed by atoms with Gasteiger partial charge in [0.1, 0.15) is 13.2 Å². The van der Waals surface area contributed by atoms with E-state index in [1.165, 1.54) is 5.06 Å². The fourth-order valence-electron chi connectivity index (χ4n) is 0.554. The van der Waals surface area contributed by atoms with Gasteiger partial charge < -0.3 is 4.74 Å². The van der Waals surface area contributed by atoms with Gasteiger partial charge >= 0.3 is 0 Å². The van der Waals surface area contributed by atoms with Crippen molar-refractivity contribution >= 4 is 0 Å². The van der Waals surface area contributed by atoms with Crippen molar-refractivity contribution < 1.29 is 9.94 Å². The third-order valence-electron chi connectivity index (χ3n) is 0.987. The second-order valence-corrected chi connectivity index (χ2v) is 1.57. The summed E-state index contributed by atoms with van der Waals surface area (Å²) in [6.45, 7) is 2.63. The number of rotatable bonds is 0. The first-order chi connectivity index (χ1) is 3.39. The summed E-state index contributed by atoms with van der Waals surface area (Å²) in [6.07, 6.45) is 0. The molecule has 7 heavy (non-hydrogen) atoms. The van der Waals surface area contributed by atoms with Crippen LogP contribution < -0.4 is 5.06 Å². The molecule has 0 bridgehead atoms. The molecule has 3 nitrogen and oxygen atoms in total. The molecule has 1 saturated heterocycles. The minimum absolute atomic E-state index is 0.653. The van der Waals surface area contributed by atoms with Crippen molar-refractivity contribution in [3.8, 4) is 0 Å². The van der Waals surface area contributed by atoms with E-state index in [0.717, 1.165) is 0 Å². The van der Waals surface area contributed by atoms with Crippen molar-refractivity contribution in [3.05, 3.63) is 0 Å². The average molecular weight is 103 g/mol. The molecule has 0 aromatic carbocycles. The molecule has 3 heteroatoms. The second kappa shape index (κ2) is 2.26. The molecule has 1 heterocycles. The van der Waals surface area contributed by atoms with Gasteiger partial charge in [-0.1, -0.05) is 0 Å². The van der Waals surface area contributed by atoms with Crippen LogP contribution in [-0.2, 0) is 4.74 Å². The number of hydrogen-bond donors (Lipinski definition) is 1. The van der Waals surface area contributed by atoms with Gasteiger partial charge in [-0.3, -0.25) is 0 Å².